The van der Waals surface area contributed by atoms with Crippen molar-refractivity contribution < 1.29 is 13.2 Å². The molecule has 0 heterocycles. The number of hydrogen-bond donors (Lipinski definition) is 1. The Morgan fingerprint density at radius 2 is 1.88 bits per heavy atom. The zero-order valence-electron chi connectivity index (χ0n) is 14.3. The van der Waals surface area contributed by atoms with E-state index in [1.807, 2.05) is 32.0 Å². The van der Waals surface area contributed by atoms with Crippen LogP contribution in [0.2, 0.25) is 10.0 Å². The number of sulfonamides is 1. The lowest BCUT2D eigenvalue weighted by molar-refractivity contribution is 0.411. The molecular weight excluding hydrogens is 381 g/mol. The van der Waals surface area contributed by atoms with Gasteiger partial charge in [0.1, 0.15) is 5.75 Å². The van der Waals surface area contributed by atoms with Crippen LogP contribution in [-0.4, -0.2) is 15.5 Å². The number of hydrogen-bond acceptors (Lipinski definition) is 3. The molecular formula is C18H21Cl2NO3S. The lowest BCUT2D eigenvalue weighted by Crippen LogP contribution is -2.29. The Morgan fingerprint density at radius 1 is 1.16 bits per heavy atom. The summed E-state index contributed by atoms with van der Waals surface area (Å²) in [5, 5.41) is 0.811. The largest absolute Gasteiger partial charge is 0.496 e. The first-order valence-corrected chi connectivity index (χ1v) is 10.2. The second-order valence-electron chi connectivity index (χ2n) is 5.80. The number of nitrogens with one attached hydrogen (secondary N) is 1. The molecule has 1 unspecified atom stereocenters. The minimum atomic E-state index is -3.57. The summed E-state index contributed by atoms with van der Waals surface area (Å²) >= 11 is 11.9. The lowest BCUT2D eigenvalue weighted by atomic mass is 10.0. The van der Waals surface area contributed by atoms with E-state index in [-0.39, 0.29) is 11.8 Å². The van der Waals surface area contributed by atoms with Crippen molar-refractivity contribution in [2.75, 3.05) is 7.11 Å². The van der Waals surface area contributed by atoms with E-state index in [4.69, 9.17) is 27.9 Å². The number of ether oxygens (including phenoxy) is 1. The SMILES string of the molecule is CCC(NS(=O)(=O)Cc1ccc(Cl)cc1Cl)c1ccc(OC)c(C)c1. The summed E-state index contributed by atoms with van der Waals surface area (Å²) in [6, 6.07) is 10.1. The first-order chi connectivity index (χ1) is 11.8. The maximum absolute atomic E-state index is 12.6. The molecule has 2 aromatic carbocycles. The van der Waals surface area contributed by atoms with E-state index < -0.39 is 10.0 Å². The summed E-state index contributed by atoms with van der Waals surface area (Å²) < 4.78 is 33.1. The van der Waals surface area contributed by atoms with E-state index in [1.54, 1.807) is 19.2 Å². The molecule has 25 heavy (non-hydrogen) atoms. The quantitative estimate of drug-likeness (QED) is 0.718. The van der Waals surface area contributed by atoms with Crippen LogP contribution in [0.25, 0.3) is 0 Å². The van der Waals surface area contributed by atoms with Gasteiger partial charge >= 0.3 is 0 Å². The zero-order valence-corrected chi connectivity index (χ0v) is 16.7. The Bertz CT molecular complexity index is 853. The third kappa shape index (κ3) is 5.35. The molecule has 0 aromatic heterocycles. The molecule has 2 rings (SSSR count). The molecule has 0 fully saturated rings. The van der Waals surface area contributed by atoms with Gasteiger partial charge in [-0.1, -0.05) is 48.3 Å². The number of benzene rings is 2. The van der Waals surface area contributed by atoms with Crippen LogP contribution >= 0.6 is 23.2 Å². The van der Waals surface area contributed by atoms with Crippen molar-refractivity contribution in [3.63, 3.8) is 0 Å². The Labute approximate surface area is 159 Å². The summed E-state index contributed by atoms with van der Waals surface area (Å²) in [6.45, 7) is 3.86. The van der Waals surface area contributed by atoms with E-state index >= 15 is 0 Å². The van der Waals surface area contributed by atoms with E-state index in [0.29, 0.717) is 22.0 Å². The van der Waals surface area contributed by atoms with E-state index in [1.165, 1.54) is 6.07 Å². The van der Waals surface area contributed by atoms with Crippen molar-refractivity contribution >= 4 is 33.2 Å². The highest BCUT2D eigenvalue weighted by Gasteiger charge is 2.20. The number of aryl methyl sites for hydroxylation is 1. The topological polar surface area (TPSA) is 55.4 Å². The van der Waals surface area contributed by atoms with E-state index in [2.05, 4.69) is 4.72 Å². The third-order valence-corrected chi connectivity index (χ3v) is 5.83. The van der Waals surface area contributed by atoms with Gasteiger partial charge in [0.15, 0.2) is 0 Å². The van der Waals surface area contributed by atoms with Crippen LogP contribution in [-0.2, 0) is 15.8 Å². The van der Waals surface area contributed by atoms with Crippen LogP contribution in [0.3, 0.4) is 0 Å². The van der Waals surface area contributed by atoms with Gasteiger partial charge in [0.2, 0.25) is 10.0 Å². The van der Waals surface area contributed by atoms with Crippen LogP contribution < -0.4 is 9.46 Å². The highest BCUT2D eigenvalue weighted by atomic mass is 35.5. The summed E-state index contributed by atoms with van der Waals surface area (Å²) in [5.41, 5.74) is 2.37. The standard InChI is InChI=1S/C18H21Cl2NO3S/c1-4-17(13-6-8-18(24-3)12(2)9-13)21-25(22,23)11-14-5-7-15(19)10-16(14)20/h5-10,17,21H,4,11H2,1-3H3. The Morgan fingerprint density at radius 3 is 2.44 bits per heavy atom. The molecule has 0 radical (unpaired) electrons. The summed E-state index contributed by atoms with van der Waals surface area (Å²) in [7, 11) is -1.96. The number of rotatable bonds is 7. The molecule has 0 spiro atoms. The van der Waals surface area contributed by atoms with Crippen LogP contribution in [0.4, 0.5) is 0 Å². The van der Waals surface area contributed by atoms with Crippen molar-refractivity contribution in [3.8, 4) is 5.75 Å². The van der Waals surface area contributed by atoms with Crippen LogP contribution in [0, 0.1) is 6.92 Å². The smallest absolute Gasteiger partial charge is 0.216 e. The molecule has 7 heteroatoms. The normalized spacial score (nSPS) is 12.8. The van der Waals surface area contributed by atoms with Gasteiger partial charge in [-0.05, 0) is 48.2 Å². The zero-order chi connectivity index (χ0) is 18.6. The van der Waals surface area contributed by atoms with Gasteiger partial charge in [0.25, 0.3) is 0 Å². The minimum absolute atomic E-state index is 0.200. The molecule has 1 N–H and O–H groups in total. The van der Waals surface area contributed by atoms with Crippen LogP contribution in [0.5, 0.6) is 5.75 Å². The monoisotopic (exact) mass is 401 g/mol. The number of methoxy groups -OCH3 is 1. The molecule has 136 valence electrons. The molecule has 0 aliphatic carbocycles. The minimum Gasteiger partial charge on any atom is -0.496 e. The second-order valence-corrected chi connectivity index (χ2v) is 8.40. The van der Waals surface area contributed by atoms with Crippen molar-refractivity contribution in [1.29, 1.82) is 0 Å². The van der Waals surface area contributed by atoms with Crippen LogP contribution in [0.15, 0.2) is 36.4 Å². The highest BCUT2D eigenvalue weighted by Crippen LogP contribution is 2.26. The Balaban J connectivity index is 2.20. The van der Waals surface area contributed by atoms with Gasteiger partial charge in [-0.3, -0.25) is 0 Å². The summed E-state index contributed by atoms with van der Waals surface area (Å²) in [4.78, 5) is 0. The van der Waals surface area contributed by atoms with Crippen molar-refractivity contribution in [1.82, 2.24) is 4.72 Å². The van der Waals surface area contributed by atoms with Gasteiger partial charge in [-0.2, -0.15) is 0 Å². The molecule has 0 bridgehead atoms. The first kappa shape index (κ1) is 20.0. The third-order valence-electron chi connectivity index (χ3n) is 3.91. The van der Waals surface area contributed by atoms with Crippen molar-refractivity contribution in [2.45, 2.75) is 32.1 Å². The molecule has 0 aliphatic rings. The average molecular weight is 402 g/mol. The predicted octanol–water partition coefficient (Wildman–Crippen LogP) is 4.88. The van der Waals surface area contributed by atoms with Crippen LogP contribution in [0.1, 0.15) is 36.1 Å². The highest BCUT2D eigenvalue weighted by molar-refractivity contribution is 7.88. The van der Waals surface area contributed by atoms with Crippen molar-refractivity contribution in [3.05, 3.63) is 63.1 Å². The maximum atomic E-state index is 12.6. The Hall–Kier alpha value is -1.27. The molecule has 2 aromatic rings. The fraction of sp³-hybridized carbons (Fsp3) is 0.333. The van der Waals surface area contributed by atoms with Gasteiger partial charge in [-0.15, -0.1) is 0 Å². The van der Waals surface area contributed by atoms with Crippen molar-refractivity contribution in [2.24, 2.45) is 0 Å². The molecule has 0 saturated heterocycles. The van der Waals surface area contributed by atoms with E-state index in [9.17, 15) is 8.42 Å². The van der Waals surface area contributed by atoms with Gasteiger partial charge in [0, 0.05) is 16.1 Å². The second kappa shape index (κ2) is 8.41. The maximum Gasteiger partial charge on any atom is 0.216 e. The first-order valence-electron chi connectivity index (χ1n) is 7.84. The molecule has 0 amide bonds. The van der Waals surface area contributed by atoms with Gasteiger partial charge in [0.05, 0.1) is 12.9 Å². The van der Waals surface area contributed by atoms with Gasteiger partial charge in [-0.25, -0.2) is 13.1 Å². The average Bonchev–Trinajstić information content (AvgIpc) is 2.55. The molecule has 0 saturated carbocycles. The van der Waals surface area contributed by atoms with E-state index in [0.717, 1.165) is 16.9 Å². The summed E-state index contributed by atoms with van der Waals surface area (Å²) in [6.07, 6.45) is 0.624. The molecule has 1 atom stereocenters. The lowest BCUT2D eigenvalue weighted by Gasteiger charge is -2.19. The predicted molar refractivity (Wildman–Crippen MR) is 103 cm³/mol. The molecule has 4 nitrogen and oxygen atoms in total. The fourth-order valence-corrected chi connectivity index (χ4v) is 4.64. The Kier molecular flexibility index (Phi) is 6.74. The fourth-order valence-electron chi connectivity index (χ4n) is 2.61. The number of halogens is 2. The summed E-state index contributed by atoms with van der Waals surface area (Å²) in [5.74, 6) is 0.573. The van der Waals surface area contributed by atoms with Gasteiger partial charge < -0.3 is 4.74 Å². The molecule has 0 aliphatic heterocycles.